The Morgan fingerprint density at radius 2 is 1.27 bits per heavy atom. The molecule has 1 unspecified atom stereocenters. The second-order valence-corrected chi connectivity index (χ2v) is 8.67. The van der Waals surface area contributed by atoms with Crippen molar-refractivity contribution in [1.29, 1.82) is 0 Å². The highest BCUT2D eigenvalue weighted by Gasteiger charge is 2.22. The van der Waals surface area contributed by atoms with E-state index in [0.717, 1.165) is 5.57 Å². The van der Waals surface area contributed by atoms with Gasteiger partial charge in [0.1, 0.15) is 5.82 Å². The Kier molecular flexibility index (Phi) is 8.36. The first-order chi connectivity index (χ1) is 17.8. The van der Waals surface area contributed by atoms with Crippen molar-refractivity contribution in [1.82, 2.24) is 0 Å². The third kappa shape index (κ3) is 5.73. The SMILES string of the molecule is CCOc1ccc(OCC2CC=C(c3ccc(-c4ccc(OCC)c(F)c4F)c(F)c3)CC2)c(F)c1F. The summed E-state index contributed by atoms with van der Waals surface area (Å²) in [4.78, 5) is 0. The van der Waals surface area contributed by atoms with Crippen molar-refractivity contribution in [2.24, 2.45) is 5.92 Å². The second-order valence-electron chi connectivity index (χ2n) is 8.67. The van der Waals surface area contributed by atoms with Gasteiger partial charge in [0, 0.05) is 11.1 Å². The Morgan fingerprint density at radius 1 is 0.703 bits per heavy atom. The predicted molar refractivity (Wildman–Crippen MR) is 131 cm³/mol. The van der Waals surface area contributed by atoms with Crippen LogP contribution in [0.25, 0.3) is 16.7 Å². The Labute approximate surface area is 212 Å². The zero-order chi connectivity index (χ0) is 26.5. The molecular weight excluding hydrogens is 491 g/mol. The molecule has 0 bridgehead atoms. The third-order valence-corrected chi connectivity index (χ3v) is 6.28. The van der Waals surface area contributed by atoms with Crippen LogP contribution in [-0.4, -0.2) is 19.8 Å². The van der Waals surface area contributed by atoms with Gasteiger partial charge in [-0.25, -0.2) is 8.78 Å². The van der Waals surface area contributed by atoms with Crippen molar-refractivity contribution >= 4 is 5.57 Å². The van der Waals surface area contributed by atoms with Gasteiger partial charge in [0.2, 0.25) is 17.5 Å². The number of hydrogen-bond acceptors (Lipinski definition) is 3. The lowest BCUT2D eigenvalue weighted by Crippen LogP contribution is -2.15. The van der Waals surface area contributed by atoms with E-state index in [2.05, 4.69) is 0 Å². The number of allylic oxidation sites excluding steroid dienone is 2. The molecule has 0 saturated heterocycles. The molecule has 0 saturated carbocycles. The summed E-state index contributed by atoms with van der Waals surface area (Å²) in [6.45, 7) is 3.93. The quantitative estimate of drug-likeness (QED) is 0.268. The average molecular weight is 519 g/mol. The molecule has 0 N–H and O–H groups in total. The summed E-state index contributed by atoms with van der Waals surface area (Å²) in [5, 5.41) is 0. The highest BCUT2D eigenvalue weighted by molar-refractivity contribution is 5.72. The number of benzene rings is 3. The standard InChI is InChI=1S/C29H27F5O3/c1-3-35-23-12-11-21(26(31)27(23)32)20-10-9-19(15-22(20)30)18-7-5-17(6-8-18)16-37-25-14-13-24(36-4-2)28(33)29(25)34/h7,9-15,17H,3-6,8,16H2,1-2H3. The van der Waals surface area contributed by atoms with Crippen LogP contribution in [0.1, 0.15) is 38.7 Å². The number of rotatable bonds is 9. The van der Waals surface area contributed by atoms with Crippen LogP contribution >= 0.6 is 0 Å². The van der Waals surface area contributed by atoms with Crippen molar-refractivity contribution in [3.63, 3.8) is 0 Å². The van der Waals surface area contributed by atoms with Crippen LogP contribution in [0.15, 0.2) is 48.5 Å². The van der Waals surface area contributed by atoms with Crippen molar-refractivity contribution in [3.8, 4) is 28.4 Å². The highest BCUT2D eigenvalue weighted by atomic mass is 19.2. The van der Waals surface area contributed by atoms with Gasteiger partial charge in [-0.05, 0) is 80.5 Å². The molecule has 196 valence electrons. The van der Waals surface area contributed by atoms with Gasteiger partial charge < -0.3 is 14.2 Å². The minimum Gasteiger partial charge on any atom is -0.491 e. The lowest BCUT2D eigenvalue weighted by Gasteiger charge is -2.23. The lowest BCUT2D eigenvalue weighted by molar-refractivity contribution is 0.226. The van der Waals surface area contributed by atoms with Crippen LogP contribution in [0.3, 0.4) is 0 Å². The van der Waals surface area contributed by atoms with E-state index < -0.39 is 29.1 Å². The van der Waals surface area contributed by atoms with Crippen molar-refractivity contribution < 1.29 is 36.2 Å². The number of halogens is 5. The fourth-order valence-corrected chi connectivity index (χ4v) is 4.34. The van der Waals surface area contributed by atoms with Crippen LogP contribution in [-0.2, 0) is 0 Å². The topological polar surface area (TPSA) is 27.7 Å². The summed E-state index contributed by atoms with van der Waals surface area (Å²) in [6, 6.07) is 9.67. The van der Waals surface area contributed by atoms with Crippen molar-refractivity contribution in [2.75, 3.05) is 19.8 Å². The number of hydrogen-bond donors (Lipinski definition) is 0. The molecule has 0 radical (unpaired) electrons. The van der Waals surface area contributed by atoms with Gasteiger partial charge in [-0.1, -0.05) is 18.2 Å². The van der Waals surface area contributed by atoms with Gasteiger partial charge in [0.05, 0.1) is 19.8 Å². The zero-order valence-electron chi connectivity index (χ0n) is 20.6. The average Bonchev–Trinajstić information content (AvgIpc) is 2.90. The minimum absolute atomic E-state index is 0.0458. The van der Waals surface area contributed by atoms with E-state index >= 15 is 0 Å². The minimum atomic E-state index is -1.17. The molecule has 0 aliphatic heterocycles. The monoisotopic (exact) mass is 518 g/mol. The largest absolute Gasteiger partial charge is 0.491 e. The van der Waals surface area contributed by atoms with E-state index in [4.69, 9.17) is 14.2 Å². The summed E-state index contributed by atoms with van der Waals surface area (Å²) < 4.78 is 87.6. The van der Waals surface area contributed by atoms with Gasteiger partial charge in [-0.2, -0.15) is 13.2 Å². The summed E-state index contributed by atoms with van der Waals surface area (Å²) in [6.07, 6.45) is 3.89. The molecular formula is C29H27F5O3. The molecule has 3 nitrogen and oxygen atoms in total. The summed E-state index contributed by atoms with van der Waals surface area (Å²) in [5.74, 6) is -5.64. The van der Waals surface area contributed by atoms with E-state index in [0.29, 0.717) is 24.8 Å². The van der Waals surface area contributed by atoms with E-state index in [1.165, 1.54) is 36.4 Å². The first-order valence-electron chi connectivity index (χ1n) is 12.2. The van der Waals surface area contributed by atoms with Crippen LogP contribution in [0.2, 0.25) is 0 Å². The summed E-state index contributed by atoms with van der Waals surface area (Å²) >= 11 is 0. The van der Waals surface area contributed by atoms with E-state index in [1.807, 2.05) is 6.08 Å². The molecule has 0 aromatic heterocycles. The Balaban J connectivity index is 1.42. The van der Waals surface area contributed by atoms with E-state index in [-0.39, 0.29) is 54.1 Å². The van der Waals surface area contributed by atoms with E-state index in [9.17, 15) is 22.0 Å². The van der Waals surface area contributed by atoms with Crippen molar-refractivity contribution in [2.45, 2.75) is 33.1 Å². The highest BCUT2D eigenvalue weighted by Crippen LogP contribution is 2.36. The molecule has 3 aromatic carbocycles. The first-order valence-corrected chi connectivity index (χ1v) is 12.2. The van der Waals surface area contributed by atoms with Crippen molar-refractivity contribution in [3.05, 3.63) is 83.2 Å². The normalized spacial score (nSPS) is 15.3. The first kappa shape index (κ1) is 26.5. The summed E-state index contributed by atoms with van der Waals surface area (Å²) in [5.41, 5.74) is 1.33. The van der Waals surface area contributed by atoms with E-state index in [1.54, 1.807) is 19.9 Å². The van der Waals surface area contributed by atoms with Crippen LogP contribution < -0.4 is 14.2 Å². The molecule has 37 heavy (non-hydrogen) atoms. The molecule has 0 fully saturated rings. The van der Waals surface area contributed by atoms with Gasteiger partial charge in [0.15, 0.2) is 23.1 Å². The van der Waals surface area contributed by atoms with Gasteiger partial charge >= 0.3 is 0 Å². The van der Waals surface area contributed by atoms with Crippen LogP contribution in [0.4, 0.5) is 22.0 Å². The molecule has 1 aliphatic rings. The lowest BCUT2D eigenvalue weighted by atomic mass is 9.86. The molecule has 0 amide bonds. The maximum absolute atomic E-state index is 14.9. The fourth-order valence-electron chi connectivity index (χ4n) is 4.34. The molecule has 1 aliphatic carbocycles. The second kappa shape index (κ2) is 11.7. The zero-order valence-corrected chi connectivity index (χ0v) is 20.6. The third-order valence-electron chi connectivity index (χ3n) is 6.28. The smallest absolute Gasteiger partial charge is 0.204 e. The van der Waals surface area contributed by atoms with Gasteiger partial charge in [-0.15, -0.1) is 0 Å². The maximum atomic E-state index is 14.9. The predicted octanol–water partition coefficient (Wildman–Crippen LogP) is 8.11. The maximum Gasteiger partial charge on any atom is 0.204 e. The van der Waals surface area contributed by atoms with Crippen LogP contribution in [0, 0.1) is 35.0 Å². The number of ether oxygens (including phenoxy) is 3. The molecule has 3 aromatic rings. The molecule has 8 heteroatoms. The molecule has 0 heterocycles. The van der Waals surface area contributed by atoms with Gasteiger partial charge in [0.25, 0.3) is 0 Å². The molecule has 1 atom stereocenters. The fraction of sp³-hybridized carbons (Fsp3) is 0.310. The Hall–Kier alpha value is -3.55. The van der Waals surface area contributed by atoms with Gasteiger partial charge in [-0.3, -0.25) is 0 Å². The molecule has 0 spiro atoms. The summed E-state index contributed by atoms with van der Waals surface area (Å²) in [7, 11) is 0. The Morgan fingerprint density at radius 3 is 1.84 bits per heavy atom. The molecule has 4 rings (SSSR count). The Bertz CT molecular complexity index is 1310. The van der Waals surface area contributed by atoms with Crippen LogP contribution in [0.5, 0.6) is 17.2 Å².